The molecule has 16 heavy (non-hydrogen) atoms. The van der Waals surface area contributed by atoms with E-state index in [1.165, 1.54) is 35.0 Å². The number of rotatable bonds is 2. The predicted octanol–water partition coefficient (Wildman–Crippen LogP) is 2.69. The molecular weight excluding hydrogens is 297 g/mol. The fraction of sp³-hybridized carbons (Fsp3) is 0. The minimum atomic E-state index is -0.403. The van der Waals surface area contributed by atoms with Gasteiger partial charge >= 0.3 is 0 Å². The summed E-state index contributed by atoms with van der Waals surface area (Å²) in [6.07, 6.45) is 0. The Hall–Kier alpha value is -1.34. The molecule has 2 rings (SSSR count). The molecule has 0 saturated carbocycles. The van der Waals surface area contributed by atoms with Gasteiger partial charge in [-0.2, -0.15) is 0 Å². The Morgan fingerprint density at radius 2 is 2.31 bits per heavy atom. The fourth-order valence-corrected chi connectivity index (χ4v) is 2.04. The molecule has 0 radical (unpaired) electrons. The van der Waals surface area contributed by atoms with Crippen LogP contribution in [0.1, 0.15) is 10.4 Å². The molecule has 4 nitrogen and oxygen atoms in total. The SMILES string of the molecule is O=C(Nc1nncs1)c1ccc(F)cc1Br. The van der Waals surface area contributed by atoms with Gasteiger partial charge in [0.15, 0.2) is 0 Å². The maximum atomic E-state index is 12.8. The first kappa shape index (κ1) is 11.2. The van der Waals surface area contributed by atoms with Gasteiger partial charge in [-0.05, 0) is 34.1 Å². The monoisotopic (exact) mass is 301 g/mol. The zero-order valence-corrected chi connectivity index (χ0v) is 10.2. The molecule has 0 fully saturated rings. The molecule has 82 valence electrons. The van der Waals surface area contributed by atoms with Crippen LogP contribution in [0.25, 0.3) is 0 Å². The van der Waals surface area contributed by atoms with Gasteiger partial charge in [0, 0.05) is 4.47 Å². The molecule has 0 spiro atoms. The molecule has 0 atom stereocenters. The normalized spacial score (nSPS) is 10.1. The predicted molar refractivity (Wildman–Crippen MR) is 62.0 cm³/mol. The van der Waals surface area contributed by atoms with Gasteiger partial charge in [-0.3, -0.25) is 10.1 Å². The summed E-state index contributed by atoms with van der Waals surface area (Å²) in [4.78, 5) is 11.7. The Kier molecular flexibility index (Phi) is 3.25. The molecule has 0 aliphatic carbocycles. The van der Waals surface area contributed by atoms with Crippen molar-refractivity contribution in [1.29, 1.82) is 0 Å². The Balaban J connectivity index is 2.21. The highest BCUT2D eigenvalue weighted by Gasteiger charge is 2.12. The summed E-state index contributed by atoms with van der Waals surface area (Å²) in [6, 6.07) is 3.85. The highest BCUT2D eigenvalue weighted by atomic mass is 79.9. The number of nitrogens with zero attached hydrogens (tertiary/aromatic N) is 2. The second kappa shape index (κ2) is 4.67. The van der Waals surface area contributed by atoms with E-state index in [1.807, 2.05) is 0 Å². The Morgan fingerprint density at radius 3 is 2.94 bits per heavy atom. The van der Waals surface area contributed by atoms with E-state index < -0.39 is 5.82 Å². The second-order valence-electron chi connectivity index (χ2n) is 2.82. The van der Waals surface area contributed by atoms with E-state index in [2.05, 4.69) is 31.4 Å². The highest BCUT2D eigenvalue weighted by molar-refractivity contribution is 9.10. The van der Waals surface area contributed by atoms with Gasteiger partial charge in [-0.25, -0.2) is 4.39 Å². The summed E-state index contributed by atoms with van der Waals surface area (Å²) in [7, 11) is 0. The molecule has 0 saturated heterocycles. The summed E-state index contributed by atoms with van der Waals surface area (Å²) >= 11 is 4.33. The molecule has 0 aliphatic heterocycles. The highest BCUT2D eigenvalue weighted by Crippen LogP contribution is 2.19. The van der Waals surface area contributed by atoms with Gasteiger partial charge in [0.25, 0.3) is 5.91 Å². The van der Waals surface area contributed by atoms with E-state index in [1.54, 1.807) is 0 Å². The molecule has 1 N–H and O–H groups in total. The van der Waals surface area contributed by atoms with Crippen LogP contribution in [0.5, 0.6) is 0 Å². The largest absolute Gasteiger partial charge is 0.296 e. The first-order chi connectivity index (χ1) is 7.66. The smallest absolute Gasteiger partial charge is 0.258 e. The van der Waals surface area contributed by atoms with Gasteiger partial charge in [-0.15, -0.1) is 10.2 Å². The summed E-state index contributed by atoms with van der Waals surface area (Å²) in [6.45, 7) is 0. The number of nitrogens with one attached hydrogen (secondary N) is 1. The van der Waals surface area contributed by atoms with Crippen molar-refractivity contribution in [2.75, 3.05) is 5.32 Å². The van der Waals surface area contributed by atoms with Gasteiger partial charge in [-0.1, -0.05) is 11.3 Å². The van der Waals surface area contributed by atoms with Crippen molar-refractivity contribution < 1.29 is 9.18 Å². The number of carbonyl (C=O) groups is 1. The maximum absolute atomic E-state index is 12.8. The van der Waals surface area contributed by atoms with Gasteiger partial charge in [0.1, 0.15) is 11.3 Å². The summed E-state index contributed by atoms with van der Waals surface area (Å²) < 4.78 is 13.2. The van der Waals surface area contributed by atoms with Crippen molar-refractivity contribution in [2.24, 2.45) is 0 Å². The molecule has 0 bridgehead atoms. The zero-order valence-electron chi connectivity index (χ0n) is 7.78. The summed E-state index contributed by atoms with van der Waals surface area (Å²) in [5.74, 6) is -0.761. The molecule has 0 unspecified atom stereocenters. The van der Waals surface area contributed by atoms with Crippen LogP contribution in [0.3, 0.4) is 0 Å². The van der Waals surface area contributed by atoms with E-state index in [0.717, 1.165) is 0 Å². The van der Waals surface area contributed by atoms with Gasteiger partial charge in [0.2, 0.25) is 5.13 Å². The van der Waals surface area contributed by atoms with Gasteiger partial charge in [0.05, 0.1) is 5.56 Å². The van der Waals surface area contributed by atoms with Crippen LogP contribution in [0.15, 0.2) is 28.2 Å². The Labute approximate surface area is 103 Å². The van der Waals surface area contributed by atoms with Crippen molar-refractivity contribution in [1.82, 2.24) is 10.2 Å². The quantitative estimate of drug-likeness (QED) is 0.928. The van der Waals surface area contributed by atoms with Crippen molar-refractivity contribution in [3.05, 3.63) is 39.6 Å². The van der Waals surface area contributed by atoms with Crippen molar-refractivity contribution in [3.63, 3.8) is 0 Å². The third kappa shape index (κ3) is 2.42. The molecule has 0 aliphatic rings. The number of aromatic nitrogens is 2. The number of hydrogen-bond acceptors (Lipinski definition) is 4. The van der Waals surface area contributed by atoms with Crippen LogP contribution in [0, 0.1) is 5.82 Å². The molecular formula is C9H5BrFN3OS. The fourth-order valence-electron chi connectivity index (χ4n) is 1.07. The average molecular weight is 302 g/mol. The number of carbonyl (C=O) groups excluding carboxylic acids is 1. The Morgan fingerprint density at radius 1 is 1.50 bits per heavy atom. The molecule has 7 heteroatoms. The number of amides is 1. The molecule has 1 heterocycles. The standard InChI is InChI=1S/C9H5BrFN3OS/c10-7-3-5(11)1-2-6(7)8(15)13-9-14-12-4-16-9/h1-4H,(H,13,14,15). The van der Waals surface area contributed by atoms with E-state index >= 15 is 0 Å². The lowest BCUT2D eigenvalue weighted by Crippen LogP contribution is -2.12. The molecule has 1 aromatic carbocycles. The van der Waals surface area contributed by atoms with Crippen LogP contribution >= 0.6 is 27.3 Å². The van der Waals surface area contributed by atoms with Crippen molar-refractivity contribution >= 4 is 38.3 Å². The number of anilines is 1. The van der Waals surface area contributed by atoms with Crippen LogP contribution in [-0.2, 0) is 0 Å². The van der Waals surface area contributed by atoms with E-state index in [0.29, 0.717) is 15.2 Å². The molecule has 1 aromatic heterocycles. The summed E-state index contributed by atoms with van der Waals surface area (Å²) in [5.41, 5.74) is 1.85. The van der Waals surface area contributed by atoms with Crippen molar-refractivity contribution in [3.8, 4) is 0 Å². The average Bonchev–Trinajstić information content (AvgIpc) is 2.70. The maximum Gasteiger partial charge on any atom is 0.258 e. The van der Waals surface area contributed by atoms with Crippen LogP contribution in [0.2, 0.25) is 0 Å². The van der Waals surface area contributed by atoms with Crippen LogP contribution in [-0.4, -0.2) is 16.1 Å². The minimum absolute atomic E-state index is 0.344. The van der Waals surface area contributed by atoms with E-state index in [9.17, 15) is 9.18 Å². The van der Waals surface area contributed by atoms with Crippen molar-refractivity contribution in [2.45, 2.75) is 0 Å². The lowest BCUT2D eigenvalue weighted by Gasteiger charge is -2.03. The Bertz CT molecular complexity index is 517. The zero-order chi connectivity index (χ0) is 11.5. The number of benzene rings is 1. The lowest BCUT2D eigenvalue weighted by molar-refractivity contribution is 0.102. The minimum Gasteiger partial charge on any atom is -0.296 e. The third-order valence-electron chi connectivity index (χ3n) is 1.76. The first-order valence-corrected chi connectivity index (χ1v) is 5.86. The van der Waals surface area contributed by atoms with E-state index in [-0.39, 0.29) is 5.91 Å². The lowest BCUT2D eigenvalue weighted by atomic mass is 10.2. The van der Waals surface area contributed by atoms with E-state index in [4.69, 9.17) is 0 Å². The van der Waals surface area contributed by atoms with Crippen LogP contribution < -0.4 is 5.32 Å². The molecule has 2 aromatic rings. The first-order valence-electron chi connectivity index (χ1n) is 4.19. The topological polar surface area (TPSA) is 54.9 Å². The number of hydrogen-bond donors (Lipinski definition) is 1. The third-order valence-corrected chi connectivity index (χ3v) is 3.02. The summed E-state index contributed by atoms with van der Waals surface area (Å²) in [5, 5.41) is 10.2. The van der Waals surface area contributed by atoms with Gasteiger partial charge < -0.3 is 0 Å². The van der Waals surface area contributed by atoms with Crippen LogP contribution in [0.4, 0.5) is 9.52 Å². The number of halogens is 2. The molecule has 1 amide bonds. The second-order valence-corrected chi connectivity index (χ2v) is 4.51.